The van der Waals surface area contributed by atoms with Gasteiger partial charge in [0.1, 0.15) is 11.4 Å². The Morgan fingerprint density at radius 2 is 1.88 bits per heavy atom. The van der Waals surface area contributed by atoms with Crippen molar-refractivity contribution in [2.24, 2.45) is 0 Å². The number of fused-ring (bicyclic) bond motifs is 2. The number of carbonyl (C=O) groups is 1. The van der Waals surface area contributed by atoms with Crippen molar-refractivity contribution in [1.29, 1.82) is 0 Å². The molecule has 2 aliphatic heterocycles. The fourth-order valence-electron chi connectivity index (χ4n) is 4.20. The lowest BCUT2D eigenvalue weighted by Crippen LogP contribution is -2.48. The molecule has 2 heterocycles. The Labute approximate surface area is 189 Å². The van der Waals surface area contributed by atoms with Crippen molar-refractivity contribution in [1.82, 2.24) is 15.5 Å². The number of hydrogen-bond donors (Lipinski definition) is 2. The van der Waals surface area contributed by atoms with E-state index in [4.69, 9.17) is 17.0 Å². The molecule has 4 rings (SSSR count). The first-order valence-electron chi connectivity index (χ1n) is 9.99. The monoisotopic (exact) mass is 461 g/mol. The minimum atomic E-state index is -4.55. The Kier molecular flexibility index (Phi) is 5.20. The molecule has 0 fully saturated rings. The summed E-state index contributed by atoms with van der Waals surface area (Å²) in [5.41, 5.74) is 0.496. The lowest BCUT2D eigenvalue weighted by molar-refractivity contribution is -0.138. The van der Waals surface area contributed by atoms with E-state index in [1.54, 1.807) is 33.0 Å². The fourth-order valence-corrected chi connectivity index (χ4v) is 4.30. The molecule has 0 saturated heterocycles. The lowest BCUT2D eigenvalue weighted by atomic mass is 9.89. The summed E-state index contributed by atoms with van der Waals surface area (Å²) in [6.45, 7) is 5.17. The maximum atomic E-state index is 13.7. The second kappa shape index (κ2) is 7.51. The van der Waals surface area contributed by atoms with Crippen LogP contribution in [0.3, 0.4) is 0 Å². The van der Waals surface area contributed by atoms with E-state index in [2.05, 4.69) is 10.6 Å². The molecule has 0 aromatic heterocycles. The van der Waals surface area contributed by atoms with Gasteiger partial charge in [-0.25, -0.2) is 0 Å². The van der Waals surface area contributed by atoms with Crippen molar-refractivity contribution in [2.75, 3.05) is 7.05 Å². The number of benzene rings is 2. The molecule has 9 heteroatoms. The Balaban J connectivity index is 2.01. The maximum Gasteiger partial charge on any atom is 0.416 e. The highest BCUT2D eigenvalue weighted by Crippen LogP contribution is 2.48. The van der Waals surface area contributed by atoms with Crippen LogP contribution in [0.5, 0.6) is 5.75 Å². The first-order valence-corrected chi connectivity index (χ1v) is 10.4. The van der Waals surface area contributed by atoms with Crippen LogP contribution in [-0.2, 0) is 12.7 Å². The van der Waals surface area contributed by atoms with Gasteiger partial charge in [0.05, 0.1) is 23.5 Å². The maximum absolute atomic E-state index is 13.7. The summed E-state index contributed by atoms with van der Waals surface area (Å²) >= 11 is 5.29. The van der Waals surface area contributed by atoms with Crippen molar-refractivity contribution in [3.05, 3.63) is 69.9 Å². The Morgan fingerprint density at radius 3 is 2.50 bits per heavy atom. The van der Waals surface area contributed by atoms with Gasteiger partial charge in [-0.2, -0.15) is 13.2 Å². The molecule has 0 spiro atoms. The van der Waals surface area contributed by atoms with Gasteiger partial charge in [0.2, 0.25) is 0 Å². The quantitative estimate of drug-likeness (QED) is 0.640. The Hall–Kier alpha value is -3.07. The van der Waals surface area contributed by atoms with E-state index in [0.717, 1.165) is 11.6 Å². The summed E-state index contributed by atoms with van der Waals surface area (Å²) in [7, 11) is 1.63. The summed E-state index contributed by atoms with van der Waals surface area (Å²) < 4.78 is 47.3. The van der Waals surface area contributed by atoms with E-state index in [1.807, 2.05) is 12.1 Å². The van der Waals surface area contributed by atoms with Crippen LogP contribution in [0.25, 0.3) is 5.70 Å². The molecule has 2 aromatic rings. The number of carbonyl (C=O) groups excluding carboxylic acids is 1. The van der Waals surface area contributed by atoms with E-state index in [1.165, 1.54) is 17.9 Å². The molecule has 0 unspecified atom stereocenters. The van der Waals surface area contributed by atoms with Gasteiger partial charge in [-0.05, 0) is 62.3 Å². The summed E-state index contributed by atoms with van der Waals surface area (Å²) in [6.07, 6.45) is -4.55. The smallest absolute Gasteiger partial charge is 0.416 e. The van der Waals surface area contributed by atoms with Gasteiger partial charge in [-0.15, -0.1) is 0 Å². The first kappa shape index (κ1) is 22.1. The third-order valence-corrected chi connectivity index (χ3v) is 6.04. The van der Waals surface area contributed by atoms with Gasteiger partial charge in [0.25, 0.3) is 5.91 Å². The van der Waals surface area contributed by atoms with E-state index in [9.17, 15) is 18.0 Å². The molecule has 168 valence electrons. The van der Waals surface area contributed by atoms with Gasteiger partial charge in [0.15, 0.2) is 5.11 Å². The SMILES string of the molecule is CNC(=S)NC1=C(N2Cc3ccccc3C2=O)c2c(ccc(C(F)(F)F)c2C)OC1(C)C. The molecule has 2 aliphatic rings. The second-order valence-corrected chi connectivity index (χ2v) is 8.61. The van der Waals surface area contributed by atoms with Crippen LogP contribution in [0.15, 0.2) is 42.1 Å². The zero-order chi connectivity index (χ0) is 23.4. The highest BCUT2D eigenvalue weighted by molar-refractivity contribution is 7.80. The second-order valence-electron chi connectivity index (χ2n) is 8.20. The number of alkyl halides is 3. The third-order valence-electron chi connectivity index (χ3n) is 5.73. The number of thiocarbonyl (C=S) groups is 1. The average molecular weight is 462 g/mol. The number of halogens is 3. The summed E-state index contributed by atoms with van der Waals surface area (Å²) in [6, 6.07) is 9.47. The largest absolute Gasteiger partial charge is 0.481 e. The molecule has 0 radical (unpaired) electrons. The van der Waals surface area contributed by atoms with Crippen LogP contribution in [0.2, 0.25) is 0 Å². The normalized spacial score (nSPS) is 17.0. The molecular formula is C23H22F3N3O2S. The minimum Gasteiger partial charge on any atom is -0.481 e. The van der Waals surface area contributed by atoms with Crippen LogP contribution in [0, 0.1) is 6.92 Å². The molecule has 5 nitrogen and oxygen atoms in total. The topological polar surface area (TPSA) is 53.6 Å². The predicted octanol–water partition coefficient (Wildman–Crippen LogP) is 4.60. The molecule has 0 saturated carbocycles. The van der Waals surface area contributed by atoms with Crippen LogP contribution >= 0.6 is 12.2 Å². The van der Waals surface area contributed by atoms with Gasteiger partial charge in [0, 0.05) is 18.2 Å². The van der Waals surface area contributed by atoms with Crippen LogP contribution in [-0.4, -0.2) is 28.6 Å². The predicted molar refractivity (Wildman–Crippen MR) is 119 cm³/mol. The first-order chi connectivity index (χ1) is 15.0. The number of nitrogens with zero attached hydrogens (tertiary/aromatic N) is 1. The zero-order valence-corrected chi connectivity index (χ0v) is 18.8. The lowest BCUT2D eigenvalue weighted by Gasteiger charge is -2.40. The number of hydrogen-bond acceptors (Lipinski definition) is 3. The molecule has 1 amide bonds. The van der Waals surface area contributed by atoms with Crippen LogP contribution in [0.1, 0.15) is 46.5 Å². The van der Waals surface area contributed by atoms with Gasteiger partial charge < -0.3 is 20.3 Å². The minimum absolute atomic E-state index is 0.0149. The van der Waals surface area contributed by atoms with Crippen LogP contribution in [0.4, 0.5) is 13.2 Å². The Bertz CT molecular complexity index is 1170. The molecule has 2 aromatic carbocycles. The van der Waals surface area contributed by atoms with Crippen molar-refractivity contribution in [3.63, 3.8) is 0 Å². The Morgan fingerprint density at radius 1 is 1.19 bits per heavy atom. The highest BCUT2D eigenvalue weighted by Gasteiger charge is 2.44. The molecule has 0 bridgehead atoms. The van der Waals surface area contributed by atoms with Gasteiger partial charge in [-0.1, -0.05) is 18.2 Å². The molecular weight excluding hydrogens is 439 g/mol. The molecule has 0 atom stereocenters. The summed E-state index contributed by atoms with van der Waals surface area (Å²) in [5.74, 6) is -0.00841. The van der Waals surface area contributed by atoms with Crippen molar-refractivity contribution >= 4 is 28.9 Å². The highest BCUT2D eigenvalue weighted by atomic mass is 32.1. The van der Waals surface area contributed by atoms with Crippen LogP contribution < -0.4 is 15.4 Å². The van der Waals surface area contributed by atoms with Crippen molar-refractivity contribution < 1.29 is 22.7 Å². The number of ether oxygens (including phenoxy) is 1. The number of amides is 1. The molecule has 0 aliphatic carbocycles. The van der Waals surface area contributed by atoms with Gasteiger partial charge >= 0.3 is 6.18 Å². The molecule has 32 heavy (non-hydrogen) atoms. The zero-order valence-electron chi connectivity index (χ0n) is 18.0. The van der Waals surface area contributed by atoms with E-state index in [0.29, 0.717) is 17.0 Å². The van der Waals surface area contributed by atoms with E-state index in [-0.39, 0.29) is 34.4 Å². The fraction of sp³-hybridized carbons (Fsp3) is 0.304. The van der Waals surface area contributed by atoms with Crippen molar-refractivity contribution in [2.45, 2.75) is 39.1 Å². The summed E-state index contributed by atoms with van der Waals surface area (Å²) in [4.78, 5) is 14.9. The average Bonchev–Trinajstić information content (AvgIpc) is 3.04. The summed E-state index contributed by atoms with van der Waals surface area (Å²) in [5, 5.41) is 6.13. The third kappa shape index (κ3) is 3.50. The van der Waals surface area contributed by atoms with Gasteiger partial charge in [-0.3, -0.25) is 4.79 Å². The van der Waals surface area contributed by atoms with Crippen molar-refractivity contribution in [3.8, 4) is 5.75 Å². The standard InChI is InChI=1S/C23H22F3N3O2S/c1-12-15(23(24,25)26)9-10-16-17(12)18(19(22(2,3)31-16)28-21(32)27-4)29-11-13-7-5-6-8-14(13)20(29)30/h5-10H,11H2,1-4H3,(H2,27,28,32). The van der Waals surface area contributed by atoms with E-state index < -0.39 is 17.3 Å². The molecule has 2 N–H and O–H groups in total. The number of rotatable bonds is 2. The number of nitrogens with one attached hydrogen (secondary N) is 2. The van der Waals surface area contributed by atoms with E-state index >= 15 is 0 Å².